The number of benzene rings is 8. The van der Waals surface area contributed by atoms with Crippen molar-refractivity contribution in [1.29, 1.82) is 0 Å². The molecule has 17 nitrogen and oxygen atoms in total. The summed E-state index contributed by atoms with van der Waals surface area (Å²) < 4.78 is 33.6. The van der Waals surface area contributed by atoms with Crippen molar-refractivity contribution in [3.05, 3.63) is 144 Å². The standard InChI is InChI=1S/C84H88N8O8.O.V/c1-5-9-13-17-21-33-45-97-81(93)65-57-41-29-31-43-59(57)67(83(95)99-47-35-23-19-15-11-7-3)71-69(65)77-88-75-63-51-55-39-27-25-37-53(55)49-61(63)73(86-75)85-74-62-50-54-38-26-28-40-56(54)52-64(62)76(87-74)89-78-70-66(82(94)98-46-34-22-18-14-10-6-2)58-42-30-32-44-60(58)68(72(70)80(91-78)92-79(71)90-77)84(96)100-48-36-24-20-16-12-8-4;;/h25-32,37-44,49-52H,5-24,33-36,45-48H2,1-4H3;;/q-2;;+2. The summed E-state index contributed by atoms with van der Waals surface area (Å²) in [4.78, 5) is 106. The number of ether oxygens (including phenoxy) is 4. The van der Waals surface area contributed by atoms with Gasteiger partial charge in [-0.2, -0.15) is 0 Å². The predicted octanol–water partition coefficient (Wildman–Crippen LogP) is 20.7. The van der Waals surface area contributed by atoms with Crippen LogP contribution in [0.3, 0.4) is 0 Å². The molecule has 18 heteroatoms. The van der Waals surface area contributed by atoms with Crippen molar-refractivity contribution >= 4 is 89.0 Å². The Labute approximate surface area is 604 Å². The zero-order valence-corrected chi connectivity index (χ0v) is 60.4. The molecule has 0 spiro atoms. The summed E-state index contributed by atoms with van der Waals surface area (Å²) in [6.07, 6.45) is 23.2. The van der Waals surface area contributed by atoms with Crippen LogP contribution in [0, 0.1) is 0 Å². The predicted molar refractivity (Wildman–Crippen MR) is 398 cm³/mol. The van der Waals surface area contributed by atoms with Gasteiger partial charge in [-0.15, -0.1) is 0 Å². The van der Waals surface area contributed by atoms with E-state index in [-0.39, 0.29) is 105 Å². The molecule has 0 fully saturated rings. The average molecular weight is 1400 g/mol. The van der Waals surface area contributed by atoms with E-state index in [4.69, 9.17) is 62.5 Å². The van der Waals surface area contributed by atoms with Crippen LogP contribution in [0.4, 0.5) is 0 Å². The van der Waals surface area contributed by atoms with E-state index < -0.39 is 23.9 Å². The van der Waals surface area contributed by atoms with Crippen molar-refractivity contribution in [2.75, 3.05) is 26.4 Å². The summed E-state index contributed by atoms with van der Waals surface area (Å²) in [5, 5.41) is 5.63. The fourth-order valence-electron chi connectivity index (χ4n) is 14.2. The molecule has 0 radical (unpaired) electrons. The number of esters is 4. The summed E-state index contributed by atoms with van der Waals surface area (Å²) in [7, 11) is 0. The molecule has 0 atom stereocenters. The van der Waals surface area contributed by atoms with Crippen LogP contribution < -0.4 is 4.98 Å². The second kappa shape index (κ2) is 34.9. The van der Waals surface area contributed by atoms with E-state index in [1.54, 1.807) is 24.3 Å². The number of aromatic nitrogens is 8. The first-order chi connectivity index (χ1) is 50.2. The molecular formula is C84H88N8O9V. The summed E-state index contributed by atoms with van der Waals surface area (Å²) in [5.74, 6) is -1.66. The van der Waals surface area contributed by atoms with Gasteiger partial charge in [0.25, 0.3) is 0 Å². The summed E-state index contributed by atoms with van der Waals surface area (Å²) in [6, 6.07) is 38.6. The van der Waals surface area contributed by atoms with Gasteiger partial charge in [0.1, 0.15) is 5.82 Å². The van der Waals surface area contributed by atoms with Gasteiger partial charge >= 0.3 is 44.9 Å². The van der Waals surface area contributed by atoms with Gasteiger partial charge in [0.05, 0.1) is 60.5 Å². The molecule has 13 rings (SSSR count). The molecule has 0 saturated carbocycles. The van der Waals surface area contributed by atoms with Crippen molar-refractivity contribution in [2.45, 2.75) is 182 Å². The van der Waals surface area contributed by atoms with Gasteiger partial charge in [-0.05, 0) is 98.1 Å². The normalized spacial score (nSPS) is 11.7. The van der Waals surface area contributed by atoms with Gasteiger partial charge < -0.3 is 33.9 Å². The number of rotatable bonds is 32. The SMILES string of the molecule is CCCCCCCCOC(=O)c1c2c(c(C(=O)OCCCCCCCC)c3ccccc13)-c1nc-2nc2n[c-](nc3nc(nc4nc([n-]1)-c1cc5ccccc5cc1-4)-c1cc4ccccc4cc1-3)c1c(C(=O)OCCCCCCCC)c3ccccc3c(C(=O)OCCCCCCCC)c21.[O]=[V+2]. The molecule has 0 amide bonds. The van der Waals surface area contributed by atoms with Gasteiger partial charge in [0.2, 0.25) is 0 Å². The molecule has 0 unspecified atom stereocenters. The van der Waals surface area contributed by atoms with Crippen molar-refractivity contribution in [1.82, 2.24) is 39.9 Å². The number of unbranched alkanes of at least 4 members (excludes halogenated alkanes) is 20. The molecule has 0 N–H and O–H groups in total. The second-order valence-electron chi connectivity index (χ2n) is 26.7. The third-order valence-corrected chi connectivity index (χ3v) is 19.5. The Morgan fingerprint density at radius 2 is 0.696 bits per heavy atom. The van der Waals surface area contributed by atoms with Crippen LogP contribution in [0.5, 0.6) is 0 Å². The molecule has 10 aromatic rings. The van der Waals surface area contributed by atoms with Crippen molar-refractivity contribution in [3.63, 3.8) is 0 Å². The maximum absolute atomic E-state index is 15.6. The average Bonchev–Trinajstić information content (AvgIpc) is 1.51. The maximum atomic E-state index is 15.6. The molecule has 0 saturated heterocycles. The Morgan fingerprint density at radius 3 is 1.17 bits per heavy atom. The van der Waals surface area contributed by atoms with Crippen molar-refractivity contribution < 1.29 is 59.2 Å². The van der Waals surface area contributed by atoms with Gasteiger partial charge in [0, 0.05) is 45.0 Å². The Kier molecular flexibility index (Phi) is 24.7. The zero-order valence-electron chi connectivity index (χ0n) is 59.0. The fraction of sp³-hybridized carbons (Fsp3) is 0.381. The van der Waals surface area contributed by atoms with E-state index in [2.05, 4.69) is 27.7 Å². The first-order valence-electron chi connectivity index (χ1n) is 37.0. The van der Waals surface area contributed by atoms with Gasteiger partial charge in [-0.3, -0.25) is 19.7 Å². The number of carbonyl (C=O) groups excluding carboxylic acids is 4. The molecule has 3 aliphatic heterocycles. The number of carbonyl (C=O) groups is 4. The van der Waals surface area contributed by atoms with Crippen LogP contribution in [0.15, 0.2) is 121 Å². The van der Waals surface area contributed by atoms with Crippen LogP contribution in [0.25, 0.3) is 133 Å². The van der Waals surface area contributed by atoms with E-state index in [0.717, 1.165) is 167 Å². The van der Waals surface area contributed by atoms with E-state index in [0.29, 0.717) is 81.1 Å². The number of fused-ring (bicyclic) bond motifs is 24. The second-order valence-corrected chi connectivity index (χ2v) is 26.7. The van der Waals surface area contributed by atoms with E-state index in [9.17, 15) is 0 Å². The van der Waals surface area contributed by atoms with Crippen LogP contribution >= 0.6 is 0 Å². The van der Waals surface area contributed by atoms with Crippen LogP contribution in [-0.2, 0) is 40.0 Å². The van der Waals surface area contributed by atoms with Gasteiger partial charge in [0.15, 0.2) is 5.82 Å². The Balaban J connectivity index is 0.00000487. The molecule has 5 heterocycles. The number of hydrogen-bond donors (Lipinski definition) is 0. The van der Waals surface area contributed by atoms with Crippen LogP contribution in [-0.4, -0.2) is 85.2 Å². The topological polar surface area (TPSA) is 227 Å². The first-order valence-corrected chi connectivity index (χ1v) is 37.6. The third-order valence-electron chi connectivity index (χ3n) is 19.5. The number of hydrogen-bond acceptors (Lipinski definition) is 16. The van der Waals surface area contributed by atoms with Crippen LogP contribution in [0.1, 0.15) is 223 Å². The minimum absolute atomic E-state index is 0.00316. The van der Waals surface area contributed by atoms with Gasteiger partial charge in [-0.1, -0.05) is 270 Å². The fourth-order valence-corrected chi connectivity index (χ4v) is 14.2. The van der Waals surface area contributed by atoms with Crippen LogP contribution in [0.2, 0.25) is 0 Å². The molecule has 2 aromatic heterocycles. The summed E-state index contributed by atoms with van der Waals surface area (Å²) >= 11 is 1.06. The van der Waals surface area contributed by atoms with E-state index >= 15 is 19.2 Å². The minimum atomic E-state index is -0.666. The monoisotopic (exact) mass is 1400 g/mol. The summed E-state index contributed by atoms with van der Waals surface area (Å²) in [5.41, 5.74) is 3.22. The zero-order chi connectivity index (χ0) is 70.9. The number of nitrogens with zero attached hydrogens (tertiary/aromatic N) is 8. The van der Waals surface area contributed by atoms with Crippen molar-refractivity contribution in [2.24, 2.45) is 0 Å². The first kappa shape index (κ1) is 72.2. The molecule has 8 bridgehead atoms. The van der Waals surface area contributed by atoms with E-state index in [1.165, 1.54) is 0 Å². The molecular weight excluding hydrogens is 1320 g/mol. The Bertz CT molecular complexity index is 4970. The molecule has 523 valence electrons. The molecule has 3 aliphatic rings. The molecule has 102 heavy (non-hydrogen) atoms. The molecule has 0 aliphatic carbocycles. The third kappa shape index (κ3) is 15.7. The Hall–Kier alpha value is -9.58. The Morgan fingerprint density at radius 1 is 0.353 bits per heavy atom. The van der Waals surface area contributed by atoms with Crippen molar-refractivity contribution in [3.8, 4) is 68.3 Å². The quantitative estimate of drug-likeness (QED) is 0.0165. The molecule has 8 aromatic carbocycles. The van der Waals surface area contributed by atoms with Gasteiger partial charge in [-0.25, -0.2) is 24.4 Å². The van der Waals surface area contributed by atoms with E-state index in [1.807, 2.05) is 97.1 Å². The summed E-state index contributed by atoms with van der Waals surface area (Å²) in [6.45, 7) is 9.25.